The smallest absolute Gasteiger partial charge is 0.134 e. The van der Waals surface area contributed by atoms with Gasteiger partial charge in [-0.3, -0.25) is 0 Å². The van der Waals surface area contributed by atoms with Gasteiger partial charge >= 0.3 is 0 Å². The van der Waals surface area contributed by atoms with E-state index < -0.39 is 0 Å². The van der Waals surface area contributed by atoms with Crippen molar-refractivity contribution in [3.05, 3.63) is 35.8 Å². The van der Waals surface area contributed by atoms with Crippen LogP contribution in [0.2, 0.25) is 0 Å². The summed E-state index contributed by atoms with van der Waals surface area (Å²) in [7, 11) is 1.99. The first-order valence-corrected chi connectivity index (χ1v) is 8.09. The molecule has 0 radical (unpaired) electrons. The van der Waals surface area contributed by atoms with E-state index in [2.05, 4.69) is 5.32 Å². The first-order valence-electron chi connectivity index (χ1n) is 8.09. The van der Waals surface area contributed by atoms with Gasteiger partial charge in [0.2, 0.25) is 0 Å². The average Bonchev–Trinajstić information content (AvgIpc) is 3.18. The second-order valence-electron chi connectivity index (χ2n) is 6.84. The average molecular weight is 287 g/mol. The highest BCUT2D eigenvalue weighted by atomic mass is 19.1. The number of benzene rings is 1. The molecule has 0 amide bonds. The van der Waals surface area contributed by atoms with E-state index in [0.29, 0.717) is 0 Å². The van der Waals surface area contributed by atoms with Crippen LogP contribution in [0.1, 0.15) is 43.9 Å². The van der Waals surface area contributed by atoms with E-state index in [1.54, 1.807) is 12.1 Å². The van der Waals surface area contributed by atoms with Gasteiger partial charge < -0.3 is 9.73 Å². The molecule has 0 spiro atoms. The van der Waals surface area contributed by atoms with E-state index in [0.717, 1.165) is 40.9 Å². The van der Waals surface area contributed by atoms with Crippen LogP contribution in [0.15, 0.2) is 28.7 Å². The number of halogens is 1. The Morgan fingerprint density at radius 3 is 2.90 bits per heavy atom. The van der Waals surface area contributed by atoms with Gasteiger partial charge in [0, 0.05) is 5.39 Å². The molecule has 4 atom stereocenters. The molecule has 2 aliphatic carbocycles. The fourth-order valence-corrected chi connectivity index (χ4v) is 4.55. The standard InChI is InChI=1S/C18H22FNO/c1-20-16(9-13-7-11-2-3-12(13)6-11)18-10-14-8-15(19)4-5-17(14)21-18/h4-5,8,10-13,16,20H,2-3,6-7,9H2,1H3. The van der Waals surface area contributed by atoms with Gasteiger partial charge in [0.25, 0.3) is 0 Å². The summed E-state index contributed by atoms with van der Waals surface area (Å²) >= 11 is 0. The predicted octanol–water partition coefficient (Wildman–Crippen LogP) is 4.66. The summed E-state index contributed by atoms with van der Waals surface area (Å²) in [6, 6.07) is 6.96. The first kappa shape index (κ1) is 13.3. The highest BCUT2D eigenvalue weighted by Crippen LogP contribution is 2.51. The Labute approximate surface area is 124 Å². The van der Waals surface area contributed by atoms with Crippen LogP contribution >= 0.6 is 0 Å². The summed E-state index contributed by atoms with van der Waals surface area (Å²) in [6.45, 7) is 0. The Kier molecular flexibility index (Phi) is 3.26. The minimum atomic E-state index is -0.205. The molecule has 1 N–H and O–H groups in total. The summed E-state index contributed by atoms with van der Waals surface area (Å²) in [4.78, 5) is 0. The molecule has 4 unspecified atom stereocenters. The number of hydrogen-bond donors (Lipinski definition) is 1. The van der Waals surface area contributed by atoms with E-state index in [4.69, 9.17) is 4.42 Å². The number of furan rings is 1. The number of rotatable bonds is 4. The maximum Gasteiger partial charge on any atom is 0.134 e. The van der Waals surface area contributed by atoms with E-state index >= 15 is 0 Å². The molecular formula is C18H22FNO. The quantitative estimate of drug-likeness (QED) is 0.884. The Morgan fingerprint density at radius 1 is 1.29 bits per heavy atom. The Balaban J connectivity index is 1.56. The summed E-state index contributed by atoms with van der Waals surface area (Å²) in [5.41, 5.74) is 0.777. The van der Waals surface area contributed by atoms with Crippen molar-refractivity contribution in [2.24, 2.45) is 17.8 Å². The molecule has 2 nitrogen and oxygen atoms in total. The Hall–Kier alpha value is -1.35. The molecule has 21 heavy (non-hydrogen) atoms. The molecule has 3 heteroatoms. The van der Waals surface area contributed by atoms with Gasteiger partial charge in [0.05, 0.1) is 6.04 Å². The summed E-state index contributed by atoms with van der Waals surface area (Å²) < 4.78 is 19.2. The number of hydrogen-bond acceptors (Lipinski definition) is 2. The van der Waals surface area contributed by atoms with Gasteiger partial charge in [0.1, 0.15) is 17.2 Å². The maximum atomic E-state index is 13.3. The fraction of sp³-hybridized carbons (Fsp3) is 0.556. The van der Waals surface area contributed by atoms with Crippen molar-refractivity contribution in [1.29, 1.82) is 0 Å². The van der Waals surface area contributed by atoms with Gasteiger partial charge in [-0.15, -0.1) is 0 Å². The number of fused-ring (bicyclic) bond motifs is 3. The van der Waals surface area contributed by atoms with Crippen molar-refractivity contribution in [1.82, 2.24) is 5.32 Å². The predicted molar refractivity (Wildman–Crippen MR) is 81.5 cm³/mol. The second-order valence-corrected chi connectivity index (χ2v) is 6.84. The third-order valence-electron chi connectivity index (χ3n) is 5.61. The summed E-state index contributed by atoms with van der Waals surface area (Å²) in [5, 5.41) is 4.25. The van der Waals surface area contributed by atoms with Crippen molar-refractivity contribution < 1.29 is 8.81 Å². The van der Waals surface area contributed by atoms with E-state index in [1.165, 1.54) is 31.7 Å². The van der Waals surface area contributed by atoms with Gasteiger partial charge in [-0.1, -0.05) is 6.42 Å². The van der Waals surface area contributed by atoms with Crippen molar-refractivity contribution in [3.8, 4) is 0 Å². The molecule has 2 bridgehead atoms. The zero-order valence-corrected chi connectivity index (χ0v) is 12.4. The van der Waals surface area contributed by atoms with Crippen LogP contribution in [0.4, 0.5) is 4.39 Å². The zero-order valence-electron chi connectivity index (χ0n) is 12.4. The van der Waals surface area contributed by atoms with E-state index in [9.17, 15) is 4.39 Å². The van der Waals surface area contributed by atoms with Crippen LogP contribution in [0.5, 0.6) is 0 Å². The molecule has 0 saturated heterocycles. The molecule has 2 aliphatic rings. The SMILES string of the molecule is CNC(CC1CC2CCC1C2)c1cc2cc(F)ccc2o1. The lowest BCUT2D eigenvalue weighted by Crippen LogP contribution is -2.22. The van der Waals surface area contributed by atoms with Crippen LogP contribution in [-0.4, -0.2) is 7.05 Å². The molecule has 1 heterocycles. The normalized spacial score (nSPS) is 29.3. The van der Waals surface area contributed by atoms with E-state index in [1.807, 2.05) is 13.1 Å². The van der Waals surface area contributed by atoms with Crippen LogP contribution in [0.3, 0.4) is 0 Å². The summed E-state index contributed by atoms with van der Waals surface area (Å²) in [6.07, 6.45) is 6.82. The van der Waals surface area contributed by atoms with Crippen LogP contribution in [-0.2, 0) is 0 Å². The lowest BCUT2D eigenvalue weighted by molar-refractivity contribution is 0.271. The second kappa shape index (κ2) is 5.13. The maximum absolute atomic E-state index is 13.3. The molecule has 1 aromatic carbocycles. The lowest BCUT2D eigenvalue weighted by Gasteiger charge is -2.25. The van der Waals surface area contributed by atoms with Gasteiger partial charge in [0.15, 0.2) is 0 Å². The topological polar surface area (TPSA) is 25.2 Å². The third-order valence-corrected chi connectivity index (χ3v) is 5.61. The third kappa shape index (κ3) is 2.38. The molecule has 1 aromatic heterocycles. The Bertz CT molecular complexity index is 650. The first-order chi connectivity index (χ1) is 10.2. The molecule has 0 aliphatic heterocycles. The van der Waals surface area contributed by atoms with Gasteiger partial charge in [-0.2, -0.15) is 0 Å². The fourth-order valence-electron chi connectivity index (χ4n) is 4.55. The molecule has 2 aromatic rings. The van der Waals surface area contributed by atoms with Crippen molar-refractivity contribution in [2.75, 3.05) is 7.05 Å². The largest absolute Gasteiger partial charge is 0.459 e. The highest BCUT2D eigenvalue weighted by Gasteiger charge is 2.40. The molecule has 2 saturated carbocycles. The van der Waals surface area contributed by atoms with E-state index in [-0.39, 0.29) is 11.9 Å². The zero-order chi connectivity index (χ0) is 14.4. The van der Waals surface area contributed by atoms with Gasteiger partial charge in [-0.05, 0) is 74.8 Å². The summed E-state index contributed by atoms with van der Waals surface area (Å²) in [5.74, 6) is 3.46. The van der Waals surface area contributed by atoms with Crippen molar-refractivity contribution in [2.45, 2.75) is 38.1 Å². The minimum Gasteiger partial charge on any atom is -0.459 e. The van der Waals surface area contributed by atoms with Crippen LogP contribution in [0, 0.1) is 23.6 Å². The molecular weight excluding hydrogens is 265 g/mol. The number of nitrogens with one attached hydrogen (secondary N) is 1. The minimum absolute atomic E-state index is 0.205. The molecule has 2 fully saturated rings. The monoisotopic (exact) mass is 287 g/mol. The van der Waals surface area contributed by atoms with Gasteiger partial charge in [-0.25, -0.2) is 4.39 Å². The van der Waals surface area contributed by atoms with Crippen molar-refractivity contribution >= 4 is 11.0 Å². The highest BCUT2D eigenvalue weighted by molar-refractivity contribution is 5.78. The lowest BCUT2D eigenvalue weighted by atomic mass is 9.84. The van der Waals surface area contributed by atoms with Crippen LogP contribution < -0.4 is 5.32 Å². The van der Waals surface area contributed by atoms with Crippen LogP contribution in [0.25, 0.3) is 11.0 Å². The van der Waals surface area contributed by atoms with Crippen molar-refractivity contribution in [3.63, 3.8) is 0 Å². The molecule has 112 valence electrons. The molecule has 4 rings (SSSR count). The Morgan fingerprint density at radius 2 is 2.19 bits per heavy atom.